The van der Waals surface area contributed by atoms with E-state index >= 15 is 0 Å². The number of thiophene rings is 1. The first-order valence-electron chi connectivity index (χ1n) is 6.75. The molecule has 1 aromatic heterocycles. The predicted octanol–water partition coefficient (Wildman–Crippen LogP) is 3.50. The van der Waals surface area contributed by atoms with Gasteiger partial charge in [0.2, 0.25) is 5.91 Å². The van der Waals surface area contributed by atoms with Crippen LogP contribution in [0.1, 0.15) is 33.1 Å². The smallest absolute Gasteiger partial charge is 0.348 e. The van der Waals surface area contributed by atoms with Crippen LogP contribution in [0.25, 0.3) is 0 Å². The summed E-state index contributed by atoms with van der Waals surface area (Å²) in [5.41, 5.74) is 2.40. The third kappa shape index (κ3) is 2.69. The van der Waals surface area contributed by atoms with E-state index in [0.29, 0.717) is 5.69 Å². The highest BCUT2D eigenvalue weighted by molar-refractivity contribution is 7.12. The molecule has 0 aliphatic heterocycles. The molecule has 1 fully saturated rings. The predicted molar refractivity (Wildman–Crippen MR) is 81.9 cm³/mol. The van der Waals surface area contributed by atoms with E-state index in [9.17, 15) is 9.59 Å². The van der Waals surface area contributed by atoms with Crippen molar-refractivity contribution >= 4 is 28.9 Å². The van der Waals surface area contributed by atoms with Crippen molar-refractivity contribution in [1.29, 1.82) is 0 Å². The zero-order valence-electron chi connectivity index (χ0n) is 11.5. The number of nitrogens with one attached hydrogen (secondary N) is 1. The van der Waals surface area contributed by atoms with Gasteiger partial charge in [-0.1, -0.05) is 30.3 Å². The Morgan fingerprint density at radius 1 is 1.29 bits per heavy atom. The van der Waals surface area contributed by atoms with Gasteiger partial charge in [0.05, 0.1) is 5.69 Å². The second kappa shape index (κ2) is 5.33. The first-order chi connectivity index (χ1) is 10.1. The molecule has 0 bridgehead atoms. The summed E-state index contributed by atoms with van der Waals surface area (Å²) in [7, 11) is 0. The number of anilines is 1. The van der Waals surface area contributed by atoms with Crippen molar-refractivity contribution in [3.8, 4) is 0 Å². The van der Waals surface area contributed by atoms with E-state index in [4.69, 9.17) is 5.11 Å². The van der Waals surface area contributed by atoms with E-state index in [1.54, 1.807) is 12.3 Å². The number of carbonyl (C=O) groups is 2. The van der Waals surface area contributed by atoms with E-state index in [0.717, 1.165) is 28.9 Å². The molecule has 2 unspecified atom stereocenters. The molecule has 5 heteroatoms. The summed E-state index contributed by atoms with van der Waals surface area (Å²) in [4.78, 5) is 23.6. The fourth-order valence-corrected chi connectivity index (χ4v) is 3.37. The lowest BCUT2D eigenvalue weighted by Gasteiger charge is -2.06. The molecule has 1 aliphatic rings. The molecule has 1 saturated carbocycles. The Morgan fingerprint density at radius 2 is 2.00 bits per heavy atom. The molecule has 2 atom stereocenters. The van der Waals surface area contributed by atoms with Gasteiger partial charge in [0, 0.05) is 5.92 Å². The number of hydrogen-bond donors (Lipinski definition) is 2. The summed E-state index contributed by atoms with van der Waals surface area (Å²) >= 11 is 1.14. The van der Waals surface area contributed by atoms with Crippen molar-refractivity contribution in [2.45, 2.75) is 19.3 Å². The van der Waals surface area contributed by atoms with E-state index < -0.39 is 5.97 Å². The van der Waals surface area contributed by atoms with E-state index in [1.165, 1.54) is 0 Å². The molecular weight excluding hydrogens is 286 g/mol. The van der Waals surface area contributed by atoms with Crippen molar-refractivity contribution in [2.24, 2.45) is 5.92 Å². The molecule has 1 aliphatic carbocycles. The quantitative estimate of drug-likeness (QED) is 0.908. The van der Waals surface area contributed by atoms with Gasteiger partial charge in [0.15, 0.2) is 0 Å². The van der Waals surface area contributed by atoms with Crippen LogP contribution >= 0.6 is 11.3 Å². The number of hydrogen-bond acceptors (Lipinski definition) is 3. The standard InChI is InChI=1S/C16H15NO3S/c1-9-8-21-14(16(19)20)13(9)17-15(18)12-7-11(12)10-5-3-2-4-6-10/h2-6,8,11-12H,7H2,1H3,(H,17,18)(H,19,20). The maximum atomic E-state index is 12.3. The largest absolute Gasteiger partial charge is 0.477 e. The van der Waals surface area contributed by atoms with Crippen LogP contribution in [-0.4, -0.2) is 17.0 Å². The van der Waals surface area contributed by atoms with Gasteiger partial charge >= 0.3 is 5.97 Å². The molecule has 2 N–H and O–H groups in total. The molecule has 1 heterocycles. The second-order valence-electron chi connectivity index (χ2n) is 5.28. The average molecular weight is 301 g/mol. The number of aryl methyl sites for hydroxylation is 1. The summed E-state index contributed by atoms with van der Waals surface area (Å²) < 4.78 is 0. The van der Waals surface area contributed by atoms with E-state index in [-0.39, 0.29) is 22.6 Å². The molecule has 108 valence electrons. The van der Waals surface area contributed by atoms with Crippen LogP contribution in [0.4, 0.5) is 5.69 Å². The first kappa shape index (κ1) is 13.8. The van der Waals surface area contributed by atoms with Crippen molar-refractivity contribution in [2.75, 3.05) is 5.32 Å². The number of carbonyl (C=O) groups excluding carboxylic acids is 1. The Labute approximate surface area is 126 Å². The summed E-state index contributed by atoms with van der Waals surface area (Å²) in [6.07, 6.45) is 0.821. The Kier molecular flexibility index (Phi) is 3.51. The van der Waals surface area contributed by atoms with Crippen LogP contribution in [-0.2, 0) is 4.79 Å². The second-order valence-corrected chi connectivity index (χ2v) is 6.16. The number of carboxylic acid groups (broad SMARTS) is 1. The van der Waals surface area contributed by atoms with E-state index in [2.05, 4.69) is 5.32 Å². The SMILES string of the molecule is Cc1csc(C(=O)O)c1NC(=O)C1CC1c1ccccc1. The molecular formula is C16H15NO3S. The molecule has 0 radical (unpaired) electrons. The maximum absolute atomic E-state index is 12.3. The molecule has 3 rings (SSSR count). The van der Waals surface area contributed by atoms with Gasteiger partial charge in [-0.3, -0.25) is 4.79 Å². The van der Waals surface area contributed by atoms with Gasteiger partial charge in [0.25, 0.3) is 0 Å². The summed E-state index contributed by atoms with van der Waals surface area (Å²) in [5, 5.41) is 13.7. The minimum absolute atomic E-state index is 0.0617. The van der Waals surface area contributed by atoms with Crippen molar-refractivity contribution in [3.05, 3.63) is 51.7 Å². The zero-order valence-corrected chi connectivity index (χ0v) is 12.3. The number of rotatable bonds is 4. The van der Waals surface area contributed by atoms with Crippen LogP contribution in [0.15, 0.2) is 35.7 Å². The van der Waals surface area contributed by atoms with Crippen molar-refractivity contribution in [3.63, 3.8) is 0 Å². The monoisotopic (exact) mass is 301 g/mol. The van der Waals surface area contributed by atoms with Crippen LogP contribution in [0.5, 0.6) is 0 Å². The topological polar surface area (TPSA) is 66.4 Å². The molecule has 1 amide bonds. The number of benzene rings is 1. The molecule has 2 aromatic rings. The average Bonchev–Trinajstić information content (AvgIpc) is 3.20. The fraction of sp³-hybridized carbons (Fsp3) is 0.250. The highest BCUT2D eigenvalue weighted by Gasteiger charge is 2.44. The normalized spacial score (nSPS) is 20.0. The number of aromatic carboxylic acids is 1. The van der Waals surface area contributed by atoms with Crippen molar-refractivity contribution in [1.82, 2.24) is 0 Å². The molecule has 4 nitrogen and oxygen atoms in total. The van der Waals surface area contributed by atoms with Crippen LogP contribution in [0.3, 0.4) is 0 Å². The summed E-state index contributed by atoms with van der Waals surface area (Å²) in [5.74, 6) is -0.904. The zero-order chi connectivity index (χ0) is 15.0. The van der Waals surface area contributed by atoms with Gasteiger partial charge in [0.1, 0.15) is 4.88 Å². The highest BCUT2D eigenvalue weighted by atomic mass is 32.1. The Balaban J connectivity index is 1.72. The van der Waals surface area contributed by atoms with Crippen LogP contribution in [0.2, 0.25) is 0 Å². The lowest BCUT2D eigenvalue weighted by molar-refractivity contribution is -0.117. The van der Waals surface area contributed by atoms with Crippen molar-refractivity contribution < 1.29 is 14.7 Å². The molecule has 0 saturated heterocycles. The number of amides is 1. The Hall–Kier alpha value is -2.14. The van der Waals surface area contributed by atoms with Gasteiger partial charge in [-0.2, -0.15) is 0 Å². The molecule has 21 heavy (non-hydrogen) atoms. The maximum Gasteiger partial charge on any atom is 0.348 e. The lowest BCUT2D eigenvalue weighted by atomic mass is 10.1. The van der Waals surface area contributed by atoms with Gasteiger partial charge in [-0.15, -0.1) is 11.3 Å². The van der Waals surface area contributed by atoms with Crippen LogP contribution < -0.4 is 5.32 Å². The van der Waals surface area contributed by atoms with Gasteiger partial charge in [-0.05, 0) is 35.8 Å². The van der Waals surface area contributed by atoms with Crippen LogP contribution in [0, 0.1) is 12.8 Å². The van der Waals surface area contributed by atoms with E-state index in [1.807, 2.05) is 30.3 Å². The van der Waals surface area contributed by atoms with Gasteiger partial charge < -0.3 is 10.4 Å². The molecule has 0 spiro atoms. The molecule has 1 aromatic carbocycles. The van der Waals surface area contributed by atoms with Gasteiger partial charge in [-0.25, -0.2) is 4.79 Å². The Bertz CT molecular complexity index is 693. The lowest BCUT2D eigenvalue weighted by Crippen LogP contribution is -2.16. The summed E-state index contributed by atoms with van der Waals surface area (Å²) in [6, 6.07) is 9.93. The Morgan fingerprint density at radius 3 is 2.67 bits per heavy atom. The highest BCUT2D eigenvalue weighted by Crippen LogP contribution is 2.48. The minimum atomic E-state index is -1.00. The number of carboxylic acids is 1. The summed E-state index contributed by atoms with van der Waals surface area (Å²) in [6.45, 7) is 1.81. The fourth-order valence-electron chi connectivity index (χ4n) is 2.53. The third-order valence-corrected chi connectivity index (χ3v) is 4.86. The first-order valence-corrected chi connectivity index (χ1v) is 7.63. The minimum Gasteiger partial charge on any atom is -0.477 e. The third-order valence-electron chi connectivity index (χ3n) is 3.77.